The highest BCUT2D eigenvalue weighted by molar-refractivity contribution is 5.98. The van der Waals surface area contributed by atoms with Crippen LogP contribution in [0.15, 0.2) is 59.7 Å². The first kappa shape index (κ1) is 26.0. The lowest BCUT2D eigenvalue weighted by molar-refractivity contribution is -0.131. The molecule has 0 aliphatic rings. The Morgan fingerprint density at radius 3 is 2.66 bits per heavy atom. The normalized spacial score (nSPS) is 11.6. The fourth-order valence-electron chi connectivity index (χ4n) is 3.74. The summed E-state index contributed by atoms with van der Waals surface area (Å²) in [4.78, 5) is 35.3. The summed E-state index contributed by atoms with van der Waals surface area (Å²) in [5.74, 6) is -0.139. The Bertz CT molecular complexity index is 1520. The number of anilines is 1. The maximum absolute atomic E-state index is 13.8. The van der Waals surface area contributed by atoms with Gasteiger partial charge in [-0.3, -0.25) is 15.2 Å². The summed E-state index contributed by atoms with van der Waals surface area (Å²) >= 11 is 0. The van der Waals surface area contributed by atoms with E-state index in [9.17, 15) is 14.0 Å². The first-order chi connectivity index (χ1) is 18.3. The minimum Gasteiger partial charge on any atom is -0.494 e. The summed E-state index contributed by atoms with van der Waals surface area (Å²) < 4.78 is 25.6. The van der Waals surface area contributed by atoms with Crippen molar-refractivity contribution < 1.29 is 18.7 Å². The molecular formula is C25H25FN8O4. The highest BCUT2D eigenvalue weighted by atomic mass is 19.1. The Labute approximate surface area is 216 Å². The van der Waals surface area contributed by atoms with Gasteiger partial charge in [-0.25, -0.2) is 19.2 Å². The number of hydrogen-bond acceptors (Lipinski definition) is 9. The molecule has 0 radical (unpaired) electrons. The first-order valence-corrected chi connectivity index (χ1v) is 11.5. The molecule has 196 valence electrons. The minimum atomic E-state index is -0.827. The zero-order chi connectivity index (χ0) is 27.2. The van der Waals surface area contributed by atoms with Gasteiger partial charge >= 0.3 is 11.7 Å². The molecule has 0 saturated carbocycles. The van der Waals surface area contributed by atoms with Crippen molar-refractivity contribution in [3.8, 4) is 17.4 Å². The summed E-state index contributed by atoms with van der Waals surface area (Å²) in [6.45, 7) is 2.66. The molecule has 0 amide bonds. The standard InChI is InChI=1S/C25H25FN8O4/c1-3-37-18-10-15(13-26)9-16(11-18)21(23-32-25(36)34(33-23)24-29-7-4-8-30-24)31-17-5-6-19(22(27)28)20(12-17)38-14(2)35/h4-12,21,31H,3,13H2,1-2H3,(H3,27,28)(H,32,33,36). The molecule has 13 heteroatoms. The quantitative estimate of drug-likeness (QED) is 0.106. The van der Waals surface area contributed by atoms with Crippen LogP contribution in [-0.2, 0) is 11.5 Å². The molecule has 0 fully saturated rings. The van der Waals surface area contributed by atoms with Crippen LogP contribution in [-0.4, -0.2) is 43.1 Å². The Kier molecular flexibility index (Phi) is 7.75. The van der Waals surface area contributed by atoms with E-state index in [1.807, 2.05) is 6.92 Å². The predicted octanol–water partition coefficient (Wildman–Crippen LogP) is 2.63. The predicted molar refractivity (Wildman–Crippen MR) is 136 cm³/mol. The number of ether oxygens (including phenoxy) is 2. The number of amidine groups is 1. The molecule has 0 spiro atoms. The van der Waals surface area contributed by atoms with E-state index in [4.69, 9.17) is 20.6 Å². The number of nitrogens with two attached hydrogens (primary N) is 1. The minimum absolute atomic E-state index is 0.0641. The zero-order valence-electron chi connectivity index (χ0n) is 20.6. The molecule has 1 atom stereocenters. The van der Waals surface area contributed by atoms with Gasteiger partial charge in [0.05, 0.1) is 12.2 Å². The number of nitrogen functional groups attached to an aromatic ring is 1. The van der Waals surface area contributed by atoms with Crippen molar-refractivity contribution in [2.75, 3.05) is 11.9 Å². The van der Waals surface area contributed by atoms with Gasteiger partial charge in [0.1, 0.15) is 30.1 Å². The second-order valence-electron chi connectivity index (χ2n) is 8.05. The van der Waals surface area contributed by atoms with Gasteiger partial charge in [0.15, 0.2) is 5.82 Å². The van der Waals surface area contributed by atoms with E-state index >= 15 is 0 Å². The molecular weight excluding hydrogens is 495 g/mol. The van der Waals surface area contributed by atoms with E-state index in [1.54, 1.807) is 30.3 Å². The molecule has 0 aliphatic carbocycles. The van der Waals surface area contributed by atoms with Gasteiger partial charge in [0, 0.05) is 31.1 Å². The van der Waals surface area contributed by atoms with Gasteiger partial charge in [0.2, 0.25) is 0 Å². The number of nitrogens with zero attached hydrogens (tertiary/aromatic N) is 4. The number of aromatic nitrogens is 5. The number of carbonyl (C=O) groups excluding carboxylic acids is 1. The van der Waals surface area contributed by atoms with Crippen molar-refractivity contribution in [1.29, 1.82) is 5.41 Å². The number of alkyl halides is 1. The van der Waals surface area contributed by atoms with Gasteiger partial charge < -0.3 is 20.5 Å². The van der Waals surface area contributed by atoms with Crippen molar-refractivity contribution in [3.05, 3.63) is 87.9 Å². The van der Waals surface area contributed by atoms with Gasteiger partial charge in [-0.05, 0) is 48.4 Å². The number of esters is 1. The largest absolute Gasteiger partial charge is 0.494 e. The van der Waals surface area contributed by atoms with Crippen LogP contribution >= 0.6 is 0 Å². The molecule has 12 nitrogen and oxygen atoms in total. The molecule has 4 rings (SSSR count). The number of rotatable bonds is 10. The second-order valence-corrected chi connectivity index (χ2v) is 8.05. The number of hydrogen-bond donors (Lipinski definition) is 4. The van der Waals surface area contributed by atoms with E-state index < -0.39 is 24.4 Å². The molecule has 0 bridgehead atoms. The second kappa shape index (κ2) is 11.3. The average molecular weight is 521 g/mol. The highest BCUT2D eigenvalue weighted by Gasteiger charge is 2.23. The fraction of sp³-hybridized carbons (Fsp3) is 0.200. The maximum Gasteiger partial charge on any atom is 0.350 e. The first-order valence-electron chi connectivity index (χ1n) is 11.5. The SMILES string of the molecule is CCOc1cc(CF)cc(C(Nc2ccc(C(=N)N)c(OC(C)=O)c2)c2nn(-c3ncccn3)c(=O)[nH]2)c1. The van der Waals surface area contributed by atoms with Gasteiger partial charge in [0.25, 0.3) is 5.95 Å². The van der Waals surface area contributed by atoms with Crippen LogP contribution in [0.3, 0.4) is 0 Å². The Morgan fingerprint density at radius 2 is 2.00 bits per heavy atom. The molecule has 1 unspecified atom stereocenters. The Morgan fingerprint density at radius 1 is 1.24 bits per heavy atom. The van der Waals surface area contributed by atoms with Crippen LogP contribution in [0.25, 0.3) is 5.95 Å². The lowest BCUT2D eigenvalue weighted by Gasteiger charge is -2.21. The molecule has 2 aromatic carbocycles. The summed E-state index contributed by atoms with van der Waals surface area (Å²) in [7, 11) is 0. The number of H-pyrrole nitrogens is 1. The topological polar surface area (TPSA) is 174 Å². The zero-order valence-corrected chi connectivity index (χ0v) is 20.6. The summed E-state index contributed by atoms with van der Waals surface area (Å²) in [6.07, 6.45) is 2.95. The van der Waals surface area contributed by atoms with Crippen LogP contribution in [0.2, 0.25) is 0 Å². The van der Waals surface area contributed by atoms with E-state index in [0.717, 1.165) is 4.68 Å². The van der Waals surface area contributed by atoms with Crippen molar-refractivity contribution in [2.24, 2.45) is 5.73 Å². The number of carbonyl (C=O) groups is 1. The monoisotopic (exact) mass is 520 g/mol. The average Bonchev–Trinajstić information content (AvgIpc) is 3.28. The fourth-order valence-corrected chi connectivity index (χ4v) is 3.74. The van der Waals surface area contributed by atoms with Crippen LogP contribution in [0.5, 0.6) is 11.5 Å². The Hall–Kier alpha value is -5.07. The van der Waals surface area contributed by atoms with Gasteiger partial charge in [-0.1, -0.05) is 6.07 Å². The highest BCUT2D eigenvalue weighted by Crippen LogP contribution is 2.31. The molecule has 4 aromatic rings. The lowest BCUT2D eigenvalue weighted by atomic mass is 10.0. The number of aromatic amines is 1. The van der Waals surface area contributed by atoms with E-state index in [-0.39, 0.29) is 28.9 Å². The number of nitrogens with one attached hydrogen (secondary N) is 3. The third-order valence-electron chi connectivity index (χ3n) is 5.27. The number of halogens is 1. The lowest BCUT2D eigenvalue weighted by Crippen LogP contribution is -2.18. The van der Waals surface area contributed by atoms with Crippen molar-refractivity contribution in [3.63, 3.8) is 0 Å². The smallest absolute Gasteiger partial charge is 0.350 e. The molecule has 5 N–H and O–H groups in total. The van der Waals surface area contributed by atoms with Gasteiger partial charge in [-0.15, -0.1) is 9.78 Å². The number of benzene rings is 2. The third-order valence-corrected chi connectivity index (χ3v) is 5.27. The van der Waals surface area contributed by atoms with Gasteiger partial charge in [-0.2, -0.15) is 0 Å². The van der Waals surface area contributed by atoms with Crippen molar-refractivity contribution in [2.45, 2.75) is 26.6 Å². The molecule has 2 heterocycles. The molecule has 38 heavy (non-hydrogen) atoms. The van der Waals surface area contributed by atoms with Crippen LogP contribution in [0.4, 0.5) is 10.1 Å². The van der Waals surface area contributed by atoms with Crippen LogP contribution in [0.1, 0.15) is 42.4 Å². The summed E-state index contributed by atoms with van der Waals surface area (Å²) in [6, 6.07) is 10.3. The van der Waals surface area contributed by atoms with E-state index in [2.05, 4.69) is 25.4 Å². The van der Waals surface area contributed by atoms with E-state index in [1.165, 1.54) is 31.5 Å². The third kappa shape index (κ3) is 5.83. The molecule has 2 aromatic heterocycles. The van der Waals surface area contributed by atoms with Crippen molar-refractivity contribution in [1.82, 2.24) is 24.7 Å². The van der Waals surface area contributed by atoms with Crippen LogP contribution in [0, 0.1) is 5.41 Å². The summed E-state index contributed by atoms with van der Waals surface area (Å²) in [5.41, 5.74) is 6.60. The van der Waals surface area contributed by atoms with Crippen molar-refractivity contribution >= 4 is 17.5 Å². The van der Waals surface area contributed by atoms with Crippen LogP contribution < -0.4 is 26.2 Å². The molecule has 0 saturated heterocycles. The summed E-state index contributed by atoms with van der Waals surface area (Å²) in [5, 5.41) is 15.4. The molecule has 0 aliphatic heterocycles. The van der Waals surface area contributed by atoms with E-state index in [0.29, 0.717) is 29.2 Å². The maximum atomic E-state index is 13.8. The Balaban J connectivity index is 1.84.